The Balaban J connectivity index is 2.44. The van der Waals surface area contributed by atoms with E-state index < -0.39 is 15.1 Å². The van der Waals surface area contributed by atoms with Crippen LogP contribution in [0.2, 0.25) is 0 Å². The maximum atomic E-state index is 11.5. The first-order chi connectivity index (χ1) is 8.84. The van der Waals surface area contributed by atoms with Gasteiger partial charge in [0, 0.05) is 13.3 Å². The summed E-state index contributed by atoms with van der Waals surface area (Å²) in [7, 11) is -1.48. The number of aryl methyl sites for hydroxylation is 1. The zero-order chi connectivity index (χ0) is 14.2. The van der Waals surface area contributed by atoms with E-state index in [1.165, 1.54) is 18.5 Å². The van der Waals surface area contributed by atoms with E-state index in [9.17, 15) is 8.42 Å². The van der Waals surface area contributed by atoms with Crippen molar-refractivity contribution in [2.75, 3.05) is 18.6 Å². The molecule has 1 atom stereocenters. The highest BCUT2D eigenvalue weighted by Crippen LogP contribution is 2.34. The van der Waals surface area contributed by atoms with Gasteiger partial charge in [-0.3, -0.25) is 0 Å². The number of sulfone groups is 1. The van der Waals surface area contributed by atoms with Crippen LogP contribution in [0.4, 0.5) is 5.00 Å². The zero-order valence-electron chi connectivity index (χ0n) is 11.0. The molecule has 1 N–H and O–H groups in total. The summed E-state index contributed by atoms with van der Waals surface area (Å²) in [6.07, 6.45) is 1.14. The van der Waals surface area contributed by atoms with E-state index in [1.807, 2.05) is 6.92 Å². The van der Waals surface area contributed by atoms with Gasteiger partial charge in [0.15, 0.2) is 15.7 Å². The summed E-state index contributed by atoms with van der Waals surface area (Å²) in [5.74, 6) is 0.436. The van der Waals surface area contributed by atoms with Crippen molar-refractivity contribution in [3.05, 3.63) is 11.5 Å². The highest BCUT2D eigenvalue weighted by Gasteiger charge is 2.25. The Morgan fingerprint density at radius 1 is 1.42 bits per heavy atom. The average Bonchev–Trinajstić information content (AvgIpc) is 2.92. The molecule has 0 bridgehead atoms. The highest BCUT2D eigenvalue weighted by atomic mass is 32.2. The van der Waals surface area contributed by atoms with Crippen molar-refractivity contribution in [1.82, 2.24) is 14.5 Å². The van der Waals surface area contributed by atoms with Gasteiger partial charge in [-0.05, 0) is 25.4 Å². The molecule has 0 saturated carbocycles. The lowest BCUT2D eigenvalue weighted by molar-refractivity contribution is 0.421. The van der Waals surface area contributed by atoms with Gasteiger partial charge in [0.2, 0.25) is 0 Å². The van der Waals surface area contributed by atoms with E-state index in [4.69, 9.17) is 4.52 Å². The summed E-state index contributed by atoms with van der Waals surface area (Å²) in [5, 5.41) is 6.74. The van der Waals surface area contributed by atoms with Crippen LogP contribution in [0.1, 0.15) is 23.7 Å². The number of nitrogens with zero attached hydrogens (tertiary/aromatic N) is 3. The molecule has 0 spiro atoms. The first-order valence-electron chi connectivity index (χ1n) is 5.51. The predicted octanol–water partition coefficient (Wildman–Crippen LogP) is 1.65. The first-order valence-corrected chi connectivity index (χ1v) is 8.24. The van der Waals surface area contributed by atoms with E-state index in [0.717, 1.165) is 17.0 Å². The number of aromatic nitrogens is 3. The maximum absolute atomic E-state index is 11.5. The Morgan fingerprint density at radius 2 is 2.11 bits per heavy atom. The summed E-state index contributed by atoms with van der Waals surface area (Å²) in [6.45, 7) is 3.36. The number of anilines is 1. The van der Waals surface area contributed by atoms with Crippen molar-refractivity contribution < 1.29 is 12.9 Å². The van der Waals surface area contributed by atoms with Gasteiger partial charge in [0.1, 0.15) is 10.3 Å². The number of hydrogen-bond acceptors (Lipinski definition) is 8. The lowest BCUT2D eigenvalue weighted by Crippen LogP contribution is -2.09. The van der Waals surface area contributed by atoms with Crippen LogP contribution >= 0.6 is 11.5 Å². The van der Waals surface area contributed by atoms with Gasteiger partial charge >= 0.3 is 0 Å². The number of hydrogen-bond donors (Lipinski definition) is 1. The molecule has 2 aromatic heterocycles. The molecular weight excluding hydrogens is 288 g/mol. The monoisotopic (exact) mass is 302 g/mol. The topological polar surface area (TPSA) is 98.0 Å². The smallest absolute Gasteiger partial charge is 0.262 e. The van der Waals surface area contributed by atoms with Crippen LogP contribution in [0, 0.1) is 6.92 Å². The molecule has 2 aromatic rings. The normalized spacial score (nSPS) is 13.5. The quantitative estimate of drug-likeness (QED) is 0.916. The van der Waals surface area contributed by atoms with Crippen LogP contribution in [-0.4, -0.2) is 36.2 Å². The van der Waals surface area contributed by atoms with Crippen LogP contribution in [0.15, 0.2) is 4.52 Å². The Morgan fingerprint density at radius 3 is 2.68 bits per heavy atom. The second kappa shape index (κ2) is 4.89. The van der Waals surface area contributed by atoms with Crippen molar-refractivity contribution in [2.45, 2.75) is 19.1 Å². The second-order valence-electron chi connectivity index (χ2n) is 4.15. The zero-order valence-corrected chi connectivity index (χ0v) is 12.6. The van der Waals surface area contributed by atoms with Crippen LogP contribution in [0.25, 0.3) is 11.5 Å². The number of nitrogens with one attached hydrogen (secondary N) is 1. The minimum absolute atomic E-state index is 0.158. The third-order valence-electron chi connectivity index (χ3n) is 2.75. The van der Waals surface area contributed by atoms with Crippen molar-refractivity contribution in [3.8, 4) is 11.5 Å². The molecule has 0 radical (unpaired) electrons. The molecule has 1 unspecified atom stereocenters. The second-order valence-corrected chi connectivity index (χ2v) is 7.29. The first kappa shape index (κ1) is 13.9. The molecule has 0 fully saturated rings. The summed E-state index contributed by atoms with van der Waals surface area (Å²) in [4.78, 5) is 4.16. The van der Waals surface area contributed by atoms with Gasteiger partial charge in [-0.15, -0.1) is 0 Å². The summed E-state index contributed by atoms with van der Waals surface area (Å²) in [6, 6.07) is 0. The molecule has 104 valence electrons. The van der Waals surface area contributed by atoms with Crippen molar-refractivity contribution in [3.63, 3.8) is 0 Å². The van der Waals surface area contributed by atoms with Crippen LogP contribution in [0.3, 0.4) is 0 Å². The SMILES string of the molecule is CNc1snc(C)c1-c1nc(C(C)S(C)(=O)=O)no1. The van der Waals surface area contributed by atoms with E-state index in [1.54, 1.807) is 7.05 Å². The fraction of sp³-hybridized carbons (Fsp3) is 0.500. The predicted molar refractivity (Wildman–Crippen MR) is 72.9 cm³/mol. The fourth-order valence-corrected chi connectivity index (χ4v) is 2.70. The summed E-state index contributed by atoms with van der Waals surface area (Å²) < 4.78 is 32.3. The molecule has 0 saturated heterocycles. The molecule has 2 heterocycles. The van der Waals surface area contributed by atoms with Gasteiger partial charge in [-0.1, -0.05) is 5.16 Å². The molecule has 7 nitrogen and oxygen atoms in total. The lowest BCUT2D eigenvalue weighted by Gasteiger charge is -2.01. The molecule has 9 heteroatoms. The molecule has 0 aromatic carbocycles. The van der Waals surface area contributed by atoms with E-state index >= 15 is 0 Å². The molecule has 0 aliphatic rings. The van der Waals surface area contributed by atoms with Gasteiger partial charge < -0.3 is 9.84 Å². The van der Waals surface area contributed by atoms with E-state index in [0.29, 0.717) is 5.56 Å². The number of rotatable bonds is 4. The Labute approximate surface area is 115 Å². The van der Waals surface area contributed by atoms with Gasteiger partial charge in [0.05, 0.1) is 11.3 Å². The van der Waals surface area contributed by atoms with Crippen LogP contribution < -0.4 is 5.32 Å². The average molecular weight is 302 g/mol. The third kappa shape index (κ3) is 2.61. The summed E-state index contributed by atoms with van der Waals surface area (Å²) in [5.41, 5.74) is 1.48. The van der Waals surface area contributed by atoms with Gasteiger partial charge in [-0.2, -0.15) is 9.36 Å². The minimum Gasteiger partial charge on any atom is -0.378 e. The maximum Gasteiger partial charge on any atom is 0.262 e. The summed E-state index contributed by atoms with van der Waals surface area (Å²) >= 11 is 1.29. The van der Waals surface area contributed by atoms with Gasteiger partial charge in [0.25, 0.3) is 5.89 Å². The Hall–Kier alpha value is -1.48. The Kier molecular flexibility index (Phi) is 3.59. The molecule has 2 rings (SSSR count). The largest absolute Gasteiger partial charge is 0.378 e. The molecule has 19 heavy (non-hydrogen) atoms. The highest BCUT2D eigenvalue weighted by molar-refractivity contribution is 7.90. The molecule has 0 aliphatic heterocycles. The molecule has 0 aliphatic carbocycles. The molecule has 0 amide bonds. The fourth-order valence-electron chi connectivity index (χ4n) is 1.49. The van der Waals surface area contributed by atoms with Crippen molar-refractivity contribution in [1.29, 1.82) is 0 Å². The van der Waals surface area contributed by atoms with E-state index in [2.05, 4.69) is 19.8 Å². The van der Waals surface area contributed by atoms with Gasteiger partial charge in [-0.25, -0.2) is 8.42 Å². The minimum atomic E-state index is -3.25. The molecular formula is C10H14N4O3S2. The lowest BCUT2D eigenvalue weighted by atomic mass is 10.2. The third-order valence-corrected chi connectivity index (χ3v) is 5.20. The Bertz CT molecular complexity index is 689. The van der Waals surface area contributed by atoms with Crippen molar-refractivity contribution in [2.24, 2.45) is 0 Å². The van der Waals surface area contributed by atoms with Crippen LogP contribution in [-0.2, 0) is 9.84 Å². The van der Waals surface area contributed by atoms with Crippen LogP contribution in [0.5, 0.6) is 0 Å². The van der Waals surface area contributed by atoms with E-state index in [-0.39, 0.29) is 11.7 Å². The van der Waals surface area contributed by atoms with Crippen molar-refractivity contribution >= 4 is 26.4 Å². The standard InChI is InChI=1S/C10H14N4O3S2/c1-5-7(10(11-3)18-14-5)9-12-8(13-17-9)6(2)19(4,15)16/h6,11H,1-4H3.